The summed E-state index contributed by atoms with van der Waals surface area (Å²) >= 11 is 0. The first-order chi connectivity index (χ1) is 7.99. The van der Waals surface area contributed by atoms with Crippen LogP contribution in [0.2, 0.25) is 0 Å². The van der Waals surface area contributed by atoms with Crippen molar-refractivity contribution < 1.29 is 10.2 Å². The zero-order chi connectivity index (χ0) is 12.6. The number of aromatic nitrogens is 2. The lowest BCUT2D eigenvalue weighted by molar-refractivity contribution is 0.464. The molecule has 0 saturated carbocycles. The molecule has 0 unspecified atom stereocenters. The summed E-state index contributed by atoms with van der Waals surface area (Å²) < 4.78 is 0. The van der Waals surface area contributed by atoms with Crippen LogP contribution in [0.3, 0.4) is 0 Å². The lowest BCUT2D eigenvalue weighted by Crippen LogP contribution is -1.95. The van der Waals surface area contributed by atoms with Crippen molar-refractivity contribution in [3.8, 4) is 22.9 Å². The summed E-state index contributed by atoms with van der Waals surface area (Å²) in [7, 11) is 0. The number of pyridine rings is 2. The average molecular weight is 230 g/mol. The van der Waals surface area contributed by atoms with Gasteiger partial charge in [0.1, 0.15) is 22.9 Å². The number of aryl methyl sites for hydroxylation is 3. The van der Waals surface area contributed by atoms with Gasteiger partial charge in [0.25, 0.3) is 0 Å². The molecule has 0 aromatic carbocycles. The second-order valence-electron chi connectivity index (χ2n) is 4.08. The minimum atomic E-state index is 0.0154. The second kappa shape index (κ2) is 4.05. The first-order valence-electron chi connectivity index (χ1n) is 5.33. The summed E-state index contributed by atoms with van der Waals surface area (Å²) in [5.41, 5.74) is 3.09. The molecule has 4 nitrogen and oxygen atoms in total. The Hall–Kier alpha value is -2.10. The van der Waals surface area contributed by atoms with Crippen LogP contribution in [0, 0.1) is 20.8 Å². The summed E-state index contributed by atoms with van der Waals surface area (Å²) in [6.45, 7) is 5.54. The van der Waals surface area contributed by atoms with Crippen LogP contribution < -0.4 is 0 Å². The van der Waals surface area contributed by atoms with E-state index in [1.165, 1.54) is 0 Å². The lowest BCUT2D eigenvalue weighted by Gasteiger charge is -2.09. The van der Waals surface area contributed by atoms with Gasteiger partial charge in [0.15, 0.2) is 0 Å². The number of nitrogens with zero attached hydrogens (tertiary/aromatic N) is 2. The molecule has 2 aromatic heterocycles. The van der Waals surface area contributed by atoms with Gasteiger partial charge >= 0.3 is 0 Å². The Balaban J connectivity index is 2.68. The summed E-state index contributed by atoms with van der Waals surface area (Å²) in [5.74, 6) is 0.0446. The van der Waals surface area contributed by atoms with Gasteiger partial charge in [-0.3, -0.25) is 0 Å². The molecule has 2 rings (SSSR count). The fraction of sp³-hybridized carbons (Fsp3) is 0.231. The molecule has 0 atom stereocenters. The third-order valence-corrected chi connectivity index (χ3v) is 2.68. The number of aromatic hydroxyl groups is 2. The molecule has 2 heterocycles. The van der Waals surface area contributed by atoms with Crippen molar-refractivity contribution in [2.75, 3.05) is 0 Å². The van der Waals surface area contributed by atoms with Gasteiger partial charge < -0.3 is 10.2 Å². The maximum atomic E-state index is 9.87. The molecule has 88 valence electrons. The Bertz CT molecular complexity index is 580. The minimum absolute atomic E-state index is 0.0154. The quantitative estimate of drug-likeness (QED) is 0.789. The van der Waals surface area contributed by atoms with Crippen molar-refractivity contribution in [3.63, 3.8) is 0 Å². The minimum Gasteiger partial charge on any atom is -0.506 e. The van der Waals surface area contributed by atoms with E-state index in [0.717, 1.165) is 17.0 Å². The van der Waals surface area contributed by atoms with Crippen LogP contribution >= 0.6 is 0 Å². The fourth-order valence-corrected chi connectivity index (χ4v) is 1.59. The van der Waals surface area contributed by atoms with Gasteiger partial charge in [0, 0.05) is 11.4 Å². The molecule has 4 heteroatoms. The van der Waals surface area contributed by atoms with Gasteiger partial charge in [0.05, 0.1) is 0 Å². The van der Waals surface area contributed by atoms with E-state index in [1.54, 1.807) is 18.2 Å². The molecule has 0 spiro atoms. The smallest absolute Gasteiger partial charge is 0.143 e. The third-order valence-electron chi connectivity index (χ3n) is 2.68. The highest BCUT2D eigenvalue weighted by molar-refractivity contribution is 5.68. The molecule has 0 aliphatic heterocycles. The first kappa shape index (κ1) is 11.4. The van der Waals surface area contributed by atoms with Crippen molar-refractivity contribution >= 4 is 0 Å². The van der Waals surface area contributed by atoms with Gasteiger partial charge in [-0.2, -0.15) is 0 Å². The van der Waals surface area contributed by atoms with Gasteiger partial charge in [-0.1, -0.05) is 0 Å². The zero-order valence-corrected chi connectivity index (χ0v) is 10.0. The number of hydrogen-bond donors (Lipinski definition) is 2. The molecule has 0 saturated heterocycles. The molecular weight excluding hydrogens is 216 g/mol. The highest BCUT2D eigenvalue weighted by atomic mass is 16.3. The van der Waals surface area contributed by atoms with Crippen LogP contribution in [0.4, 0.5) is 0 Å². The van der Waals surface area contributed by atoms with E-state index in [-0.39, 0.29) is 11.5 Å². The normalized spacial score (nSPS) is 10.5. The molecular formula is C13H14N2O2. The van der Waals surface area contributed by atoms with Crippen LogP contribution in [-0.4, -0.2) is 20.2 Å². The first-order valence-corrected chi connectivity index (χ1v) is 5.33. The van der Waals surface area contributed by atoms with E-state index in [1.807, 2.05) is 20.8 Å². The van der Waals surface area contributed by atoms with E-state index in [4.69, 9.17) is 0 Å². The van der Waals surface area contributed by atoms with Crippen molar-refractivity contribution in [2.24, 2.45) is 0 Å². The molecule has 17 heavy (non-hydrogen) atoms. The molecule has 0 aliphatic carbocycles. The standard InChI is InChI=1S/C13H14N2O2/c1-7-6-11(17)13(15-9(7)3)12-10(16)5-4-8(2)14-12/h4-6,16-17H,1-3H3. The van der Waals surface area contributed by atoms with Gasteiger partial charge in [-0.15, -0.1) is 0 Å². The third kappa shape index (κ3) is 2.06. The Kier molecular flexibility index (Phi) is 2.71. The van der Waals surface area contributed by atoms with E-state index < -0.39 is 0 Å². The molecule has 0 fully saturated rings. The zero-order valence-electron chi connectivity index (χ0n) is 10.0. The Morgan fingerprint density at radius 1 is 0.882 bits per heavy atom. The van der Waals surface area contributed by atoms with Gasteiger partial charge in [-0.25, -0.2) is 9.97 Å². The Morgan fingerprint density at radius 2 is 1.53 bits per heavy atom. The van der Waals surface area contributed by atoms with E-state index in [9.17, 15) is 10.2 Å². The molecule has 0 bridgehead atoms. The summed E-state index contributed by atoms with van der Waals surface area (Å²) in [4.78, 5) is 8.47. The molecule has 0 aliphatic rings. The van der Waals surface area contributed by atoms with Gasteiger partial charge in [0.2, 0.25) is 0 Å². The van der Waals surface area contributed by atoms with Crippen LogP contribution in [0.1, 0.15) is 17.0 Å². The SMILES string of the molecule is Cc1ccc(O)c(-c2nc(C)c(C)cc2O)n1. The van der Waals surface area contributed by atoms with Crippen molar-refractivity contribution in [1.82, 2.24) is 9.97 Å². The van der Waals surface area contributed by atoms with Crippen molar-refractivity contribution in [3.05, 3.63) is 35.2 Å². The van der Waals surface area contributed by atoms with E-state index >= 15 is 0 Å². The van der Waals surface area contributed by atoms with Crippen LogP contribution in [0.25, 0.3) is 11.4 Å². The van der Waals surface area contributed by atoms with Crippen molar-refractivity contribution in [2.45, 2.75) is 20.8 Å². The predicted molar refractivity (Wildman–Crippen MR) is 65.0 cm³/mol. The summed E-state index contributed by atoms with van der Waals surface area (Å²) in [5, 5.41) is 19.6. The van der Waals surface area contributed by atoms with Crippen LogP contribution in [0.5, 0.6) is 11.5 Å². The maximum Gasteiger partial charge on any atom is 0.143 e. The highest BCUT2D eigenvalue weighted by Crippen LogP contribution is 2.33. The number of hydrogen-bond acceptors (Lipinski definition) is 4. The average Bonchev–Trinajstić information content (AvgIpc) is 2.27. The Labute approximate surface area is 99.6 Å². The summed E-state index contributed by atoms with van der Waals surface area (Å²) in [6, 6.07) is 4.88. The van der Waals surface area contributed by atoms with Crippen LogP contribution in [0.15, 0.2) is 18.2 Å². The molecule has 0 amide bonds. The highest BCUT2D eigenvalue weighted by Gasteiger charge is 2.14. The predicted octanol–water partition coefficient (Wildman–Crippen LogP) is 2.48. The number of rotatable bonds is 1. The van der Waals surface area contributed by atoms with E-state index in [2.05, 4.69) is 9.97 Å². The fourth-order valence-electron chi connectivity index (χ4n) is 1.59. The van der Waals surface area contributed by atoms with E-state index in [0.29, 0.717) is 11.4 Å². The monoisotopic (exact) mass is 230 g/mol. The molecule has 2 N–H and O–H groups in total. The van der Waals surface area contributed by atoms with Crippen LogP contribution in [-0.2, 0) is 0 Å². The van der Waals surface area contributed by atoms with Crippen molar-refractivity contribution in [1.29, 1.82) is 0 Å². The topological polar surface area (TPSA) is 66.2 Å². The molecule has 0 radical (unpaired) electrons. The lowest BCUT2D eigenvalue weighted by atomic mass is 10.1. The second-order valence-corrected chi connectivity index (χ2v) is 4.08. The largest absolute Gasteiger partial charge is 0.506 e. The maximum absolute atomic E-state index is 9.87. The summed E-state index contributed by atoms with van der Waals surface area (Å²) in [6.07, 6.45) is 0. The Morgan fingerprint density at radius 3 is 2.24 bits per heavy atom. The molecule has 2 aromatic rings. The van der Waals surface area contributed by atoms with Gasteiger partial charge in [-0.05, 0) is 44.5 Å².